The Bertz CT molecular complexity index is 403. The highest BCUT2D eigenvalue weighted by Crippen LogP contribution is 2.47. The van der Waals surface area contributed by atoms with Gasteiger partial charge in [-0.1, -0.05) is 48.6 Å². The number of benzene rings is 1. The summed E-state index contributed by atoms with van der Waals surface area (Å²) in [6.45, 7) is 7.38. The van der Waals surface area contributed by atoms with Crippen LogP contribution in [0.15, 0.2) is 30.3 Å². The summed E-state index contributed by atoms with van der Waals surface area (Å²) in [5, 5.41) is 1.56. The van der Waals surface area contributed by atoms with E-state index in [9.17, 15) is 0 Å². The zero-order valence-corrected chi connectivity index (χ0v) is 17.5. The molecule has 4 nitrogen and oxygen atoms in total. The zero-order valence-electron chi connectivity index (χ0n) is 15.6. The van der Waals surface area contributed by atoms with Crippen LogP contribution in [-0.4, -0.2) is 61.1 Å². The lowest BCUT2D eigenvalue weighted by Crippen LogP contribution is -2.41. The van der Waals surface area contributed by atoms with Gasteiger partial charge in [-0.15, -0.1) is 7.47 Å². The highest BCUT2D eigenvalue weighted by atomic mass is 31.4. The number of rotatable bonds is 14. The van der Waals surface area contributed by atoms with Crippen LogP contribution >= 0.6 is 7.47 Å². The third-order valence-corrected chi connectivity index (χ3v) is 16.0. The highest BCUT2D eigenvalue weighted by Gasteiger charge is 2.32. The molecule has 1 rings (SSSR count). The van der Waals surface area contributed by atoms with E-state index in [0.717, 1.165) is 26.1 Å². The van der Waals surface area contributed by atoms with E-state index in [-0.39, 0.29) is 7.47 Å². The molecule has 1 aromatic carbocycles. The fourth-order valence-corrected chi connectivity index (χ4v) is 12.3. The Kier molecular flexibility index (Phi) is 11.8. The van der Waals surface area contributed by atoms with Gasteiger partial charge in [0.1, 0.15) is 21.3 Å². The second-order valence-corrected chi connectivity index (χ2v) is 17.2. The van der Waals surface area contributed by atoms with Crippen LogP contribution in [0.2, 0.25) is 13.1 Å². The molecule has 0 unspecified atom stereocenters. The summed E-state index contributed by atoms with van der Waals surface area (Å²) in [7, 11) is 1.85. The van der Waals surface area contributed by atoms with E-state index >= 15 is 0 Å². The van der Waals surface area contributed by atoms with Crippen LogP contribution in [0.3, 0.4) is 0 Å². The quantitative estimate of drug-likeness (QED) is 0.216. The molecule has 0 radical (unpaired) electrons. The smallest absolute Gasteiger partial charge is 0.146 e. The van der Waals surface area contributed by atoms with Gasteiger partial charge in [-0.3, -0.25) is 0 Å². The van der Waals surface area contributed by atoms with Crippen molar-refractivity contribution in [1.82, 2.24) is 0 Å². The summed E-state index contributed by atoms with van der Waals surface area (Å²) in [6, 6.07) is 11.1. The number of methoxy groups -OCH3 is 2. The largest absolute Gasteiger partial charge is 0.359 e. The fraction of sp³-hybridized carbons (Fsp3) is 0.667. The second-order valence-electron chi connectivity index (χ2n) is 6.25. The molecule has 0 N–H and O–H groups in total. The van der Waals surface area contributed by atoms with Gasteiger partial charge >= 0.3 is 0 Å². The van der Waals surface area contributed by atoms with Crippen molar-refractivity contribution in [3.8, 4) is 0 Å². The van der Waals surface area contributed by atoms with Crippen molar-refractivity contribution in [2.24, 2.45) is 0 Å². The summed E-state index contributed by atoms with van der Waals surface area (Å²) >= 11 is 0. The average Bonchev–Trinajstić information content (AvgIpc) is 2.60. The maximum atomic E-state index is 5.47. The predicted octanol–water partition coefficient (Wildman–Crippen LogP) is 3.60. The van der Waals surface area contributed by atoms with Gasteiger partial charge in [0.25, 0.3) is 0 Å². The molecule has 0 aliphatic heterocycles. The molecule has 0 spiro atoms. The van der Waals surface area contributed by atoms with Crippen molar-refractivity contribution in [1.29, 1.82) is 0 Å². The summed E-state index contributed by atoms with van der Waals surface area (Å²) in [5.74, 6) is 0. The second kappa shape index (κ2) is 13.0. The lowest BCUT2D eigenvalue weighted by atomic mass is 10.4. The van der Waals surface area contributed by atoms with Crippen molar-refractivity contribution >= 4 is 20.4 Å². The number of hydrogen-bond acceptors (Lipinski definition) is 4. The Morgan fingerprint density at radius 1 is 0.833 bits per heavy atom. The lowest BCUT2D eigenvalue weighted by Gasteiger charge is -2.34. The fourth-order valence-electron chi connectivity index (χ4n) is 2.70. The molecule has 0 heterocycles. The van der Waals surface area contributed by atoms with Crippen molar-refractivity contribution in [3.05, 3.63) is 30.3 Å². The molecular weight excluding hydrogens is 339 g/mol. The molecule has 1 aromatic rings. The first-order chi connectivity index (χ1) is 11.6. The van der Waals surface area contributed by atoms with E-state index in [2.05, 4.69) is 43.4 Å². The van der Waals surface area contributed by atoms with Crippen molar-refractivity contribution < 1.29 is 18.9 Å². The Morgan fingerprint density at radius 3 is 1.79 bits per heavy atom. The maximum Gasteiger partial charge on any atom is 0.146 e. The SMILES string of the molecule is COCOCCCP(CCCOCOC)[Si](C)(C)c1ccccc1. The zero-order chi connectivity index (χ0) is 17.7. The van der Waals surface area contributed by atoms with Crippen LogP contribution in [0.1, 0.15) is 12.8 Å². The first kappa shape index (κ1) is 21.7. The van der Waals surface area contributed by atoms with Gasteiger partial charge in [-0.05, 0) is 25.2 Å². The summed E-state index contributed by atoms with van der Waals surface area (Å²) in [6.07, 6.45) is 4.74. The molecule has 138 valence electrons. The molecule has 0 fully saturated rings. The molecule has 0 bridgehead atoms. The molecule has 24 heavy (non-hydrogen) atoms. The lowest BCUT2D eigenvalue weighted by molar-refractivity contribution is -0.0300. The third-order valence-electron chi connectivity index (χ3n) is 4.11. The summed E-state index contributed by atoms with van der Waals surface area (Å²) in [4.78, 5) is 0. The van der Waals surface area contributed by atoms with Crippen molar-refractivity contribution in [2.75, 3.05) is 53.3 Å². The maximum absolute atomic E-state index is 5.47. The van der Waals surface area contributed by atoms with E-state index in [1.54, 1.807) is 19.4 Å². The van der Waals surface area contributed by atoms with Crippen molar-refractivity contribution in [2.45, 2.75) is 25.9 Å². The van der Waals surface area contributed by atoms with E-state index in [1.807, 2.05) is 0 Å². The van der Waals surface area contributed by atoms with Gasteiger partial charge in [-0.25, -0.2) is 0 Å². The first-order valence-electron chi connectivity index (χ1n) is 8.57. The van der Waals surface area contributed by atoms with E-state index in [1.165, 1.54) is 12.3 Å². The van der Waals surface area contributed by atoms with Crippen LogP contribution < -0.4 is 5.19 Å². The Morgan fingerprint density at radius 2 is 1.33 bits per heavy atom. The normalized spacial score (nSPS) is 12.0. The van der Waals surface area contributed by atoms with Gasteiger partial charge in [0.2, 0.25) is 0 Å². The molecule has 0 saturated heterocycles. The van der Waals surface area contributed by atoms with Crippen molar-refractivity contribution in [3.63, 3.8) is 0 Å². The molecule has 0 aliphatic rings. The van der Waals surface area contributed by atoms with Gasteiger partial charge < -0.3 is 18.9 Å². The predicted molar refractivity (Wildman–Crippen MR) is 105 cm³/mol. The Hall–Kier alpha value is -0.293. The topological polar surface area (TPSA) is 36.9 Å². The molecular formula is C18H33O4PSi. The molecule has 0 saturated carbocycles. The molecule has 0 amide bonds. The van der Waals surface area contributed by atoms with E-state index in [4.69, 9.17) is 18.9 Å². The Labute approximate surface area is 149 Å². The van der Waals surface area contributed by atoms with E-state index in [0.29, 0.717) is 13.6 Å². The molecule has 0 atom stereocenters. The van der Waals surface area contributed by atoms with Crippen LogP contribution in [0.25, 0.3) is 0 Å². The van der Waals surface area contributed by atoms with Gasteiger partial charge in [0, 0.05) is 27.4 Å². The Balaban J connectivity index is 2.58. The third kappa shape index (κ3) is 8.19. The molecule has 6 heteroatoms. The van der Waals surface area contributed by atoms with E-state index < -0.39 is 7.74 Å². The van der Waals surface area contributed by atoms with Gasteiger partial charge in [0.15, 0.2) is 0 Å². The molecule has 0 aliphatic carbocycles. The summed E-state index contributed by atoms with van der Waals surface area (Å²) < 4.78 is 20.8. The van der Waals surface area contributed by atoms with Crippen LogP contribution in [-0.2, 0) is 18.9 Å². The minimum Gasteiger partial charge on any atom is -0.359 e. The first-order valence-corrected chi connectivity index (χ1v) is 14.1. The standard InChI is InChI=1S/C18H33O4PSi/c1-19-16-21-12-8-14-23(15-9-13-22-17-20-2)24(3,4)18-10-6-5-7-11-18/h5-7,10-11H,8-9,12-17H2,1-4H3. The van der Waals surface area contributed by atoms with Crippen LogP contribution in [0.5, 0.6) is 0 Å². The van der Waals surface area contributed by atoms with Gasteiger partial charge in [-0.2, -0.15) is 0 Å². The monoisotopic (exact) mass is 372 g/mol. The molecule has 0 aromatic heterocycles. The summed E-state index contributed by atoms with van der Waals surface area (Å²) in [5.41, 5.74) is 0. The minimum absolute atomic E-state index is 0.0247. The minimum atomic E-state index is -1.45. The average molecular weight is 373 g/mol. The van der Waals surface area contributed by atoms with Crippen LogP contribution in [0.4, 0.5) is 0 Å². The highest BCUT2D eigenvalue weighted by molar-refractivity contribution is 7.96. The number of ether oxygens (including phenoxy) is 4. The number of hydrogen-bond donors (Lipinski definition) is 0. The van der Waals surface area contributed by atoms with Gasteiger partial charge in [0.05, 0.1) is 0 Å². The van der Waals surface area contributed by atoms with Crippen LogP contribution in [0, 0.1) is 0 Å².